The van der Waals surface area contributed by atoms with Crippen molar-refractivity contribution in [2.75, 3.05) is 16.3 Å². The monoisotopic (exact) mass is 339 g/mol. The van der Waals surface area contributed by atoms with Gasteiger partial charge < -0.3 is 5.32 Å². The molecule has 118 valence electrons. The summed E-state index contributed by atoms with van der Waals surface area (Å²) in [6.07, 6.45) is 1.04. The summed E-state index contributed by atoms with van der Waals surface area (Å²) in [5.74, 6) is -0.297. The van der Waals surface area contributed by atoms with Gasteiger partial charge in [-0.15, -0.1) is 0 Å². The maximum atomic E-state index is 12.4. The molecule has 1 heterocycles. The van der Waals surface area contributed by atoms with E-state index in [-0.39, 0.29) is 11.0 Å². The smallest absolute Gasteiger partial charge is 0.267 e. The molecule has 0 saturated heterocycles. The molecule has 2 N–H and O–H groups in total. The van der Waals surface area contributed by atoms with Gasteiger partial charge in [0, 0.05) is 5.69 Å². The molecule has 0 saturated carbocycles. The van der Waals surface area contributed by atoms with Gasteiger partial charge in [-0.2, -0.15) is 0 Å². The highest BCUT2D eigenvalue weighted by atomic mass is 32.2. The number of hydrogen-bond acceptors (Lipinski definition) is 5. The van der Waals surface area contributed by atoms with Crippen LogP contribution in [-0.4, -0.2) is 25.6 Å². The number of aryl methyl sites for hydroxylation is 3. The molecule has 0 unspecified atom stereocenters. The van der Waals surface area contributed by atoms with Crippen molar-refractivity contribution in [3.05, 3.63) is 39.9 Å². The molecule has 0 aliphatic rings. The number of nitrogens with zero attached hydrogens (tertiary/aromatic N) is 1. The zero-order valence-electron chi connectivity index (χ0n) is 12.7. The Morgan fingerprint density at radius 3 is 2.32 bits per heavy atom. The third-order valence-electron chi connectivity index (χ3n) is 3.00. The van der Waals surface area contributed by atoms with Crippen molar-refractivity contribution in [3.8, 4) is 0 Å². The Bertz CT molecular complexity index is 806. The lowest BCUT2D eigenvalue weighted by Crippen LogP contribution is -2.13. The van der Waals surface area contributed by atoms with Crippen molar-refractivity contribution >= 4 is 38.1 Å². The minimum atomic E-state index is -3.41. The SMILES string of the molecule is Cc1cccc(C)c1NC(=O)c1sc(NS(C)(=O)=O)nc1C. The Morgan fingerprint density at radius 2 is 1.77 bits per heavy atom. The summed E-state index contributed by atoms with van der Waals surface area (Å²) in [7, 11) is -3.41. The second-order valence-electron chi connectivity index (χ2n) is 5.03. The average Bonchev–Trinajstić information content (AvgIpc) is 2.72. The molecule has 1 aromatic carbocycles. The predicted octanol–water partition coefficient (Wildman–Crippen LogP) is 2.69. The molecule has 1 aromatic heterocycles. The molecule has 0 aliphatic heterocycles. The summed E-state index contributed by atoms with van der Waals surface area (Å²) in [6.45, 7) is 5.50. The van der Waals surface area contributed by atoms with E-state index in [2.05, 4.69) is 15.0 Å². The molecule has 0 fully saturated rings. The van der Waals surface area contributed by atoms with E-state index in [4.69, 9.17) is 0 Å². The number of carbonyl (C=O) groups is 1. The standard InChI is InChI=1S/C14H17N3O3S2/c1-8-6-5-7-9(2)11(8)16-13(18)12-10(3)15-14(21-12)17-22(4,19)20/h5-7H,1-4H3,(H,15,17)(H,16,18). The van der Waals surface area contributed by atoms with Gasteiger partial charge in [0.25, 0.3) is 5.91 Å². The average molecular weight is 339 g/mol. The van der Waals surface area contributed by atoms with Gasteiger partial charge in [0.2, 0.25) is 10.0 Å². The quantitative estimate of drug-likeness (QED) is 0.896. The Morgan fingerprint density at radius 1 is 1.18 bits per heavy atom. The molecule has 22 heavy (non-hydrogen) atoms. The maximum Gasteiger partial charge on any atom is 0.267 e. The van der Waals surface area contributed by atoms with Crippen LogP contribution in [0.4, 0.5) is 10.8 Å². The van der Waals surface area contributed by atoms with E-state index >= 15 is 0 Å². The molecule has 0 bridgehead atoms. The lowest BCUT2D eigenvalue weighted by Gasteiger charge is -2.10. The third kappa shape index (κ3) is 3.83. The first-order chi connectivity index (χ1) is 10.2. The normalized spacial score (nSPS) is 11.3. The van der Waals surface area contributed by atoms with Gasteiger partial charge in [0.1, 0.15) is 4.88 Å². The largest absolute Gasteiger partial charge is 0.321 e. The van der Waals surface area contributed by atoms with Crippen LogP contribution in [0, 0.1) is 20.8 Å². The molecular weight excluding hydrogens is 322 g/mol. The van der Waals surface area contributed by atoms with E-state index < -0.39 is 10.0 Å². The van der Waals surface area contributed by atoms with E-state index in [0.717, 1.165) is 34.4 Å². The summed E-state index contributed by atoms with van der Waals surface area (Å²) in [5.41, 5.74) is 3.17. The van der Waals surface area contributed by atoms with Crippen molar-refractivity contribution in [1.82, 2.24) is 4.98 Å². The Labute approximate surface area is 133 Å². The van der Waals surface area contributed by atoms with E-state index in [1.807, 2.05) is 32.0 Å². The fourth-order valence-corrected chi connectivity index (χ4v) is 3.69. The van der Waals surface area contributed by atoms with Crippen LogP contribution in [0.1, 0.15) is 26.5 Å². The van der Waals surface area contributed by atoms with Crippen LogP contribution in [0.25, 0.3) is 0 Å². The molecule has 0 aliphatic carbocycles. The van der Waals surface area contributed by atoms with Crippen LogP contribution in [0.3, 0.4) is 0 Å². The van der Waals surface area contributed by atoms with Gasteiger partial charge in [-0.25, -0.2) is 13.4 Å². The lowest BCUT2D eigenvalue weighted by atomic mass is 10.1. The van der Waals surface area contributed by atoms with E-state index in [1.165, 1.54) is 0 Å². The molecule has 6 nitrogen and oxygen atoms in total. The van der Waals surface area contributed by atoms with Gasteiger partial charge >= 0.3 is 0 Å². The molecule has 2 aromatic rings. The summed E-state index contributed by atoms with van der Waals surface area (Å²) < 4.78 is 24.7. The van der Waals surface area contributed by atoms with Crippen LogP contribution in [0.5, 0.6) is 0 Å². The minimum Gasteiger partial charge on any atom is -0.321 e. The van der Waals surface area contributed by atoms with Gasteiger partial charge in [0.05, 0.1) is 11.9 Å². The number of sulfonamides is 1. The van der Waals surface area contributed by atoms with Crippen LogP contribution >= 0.6 is 11.3 Å². The van der Waals surface area contributed by atoms with Gasteiger partial charge in [0.15, 0.2) is 5.13 Å². The molecule has 0 radical (unpaired) electrons. The molecule has 8 heteroatoms. The van der Waals surface area contributed by atoms with Gasteiger partial charge in [-0.05, 0) is 31.9 Å². The summed E-state index contributed by atoms with van der Waals surface area (Å²) in [5, 5.41) is 3.05. The van der Waals surface area contributed by atoms with Gasteiger partial charge in [-0.3, -0.25) is 9.52 Å². The predicted molar refractivity (Wildman–Crippen MR) is 89.2 cm³/mol. The topological polar surface area (TPSA) is 88.2 Å². The van der Waals surface area contributed by atoms with E-state index in [1.54, 1.807) is 6.92 Å². The Hall–Kier alpha value is -1.93. The highest BCUT2D eigenvalue weighted by molar-refractivity contribution is 7.92. The Kier molecular flexibility index (Phi) is 4.52. The van der Waals surface area contributed by atoms with Crippen LogP contribution < -0.4 is 10.0 Å². The van der Waals surface area contributed by atoms with Gasteiger partial charge in [-0.1, -0.05) is 29.5 Å². The van der Waals surface area contributed by atoms with Crippen molar-refractivity contribution in [1.29, 1.82) is 0 Å². The Balaban J connectivity index is 2.27. The van der Waals surface area contributed by atoms with Crippen LogP contribution in [-0.2, 0) is 10.0 Å². The first-order valence-corrected chi connectivity index (χ1v) is 9.21. The first kappa shape index (κ1) is 16.4. The fourth-order valence-electron chi connectivity index (χ4n) is 1.99. The number of para-hydroxylation sites is 1. The van der Waals surface area contributed by atoms with E-state index in [0.29, 0.717) is 10.6 Å². The molecule has 1 amide bonds. The number of anilines is 2. The van der Waals surface area contributed by atoms with Crippen molar-refractivity contribution in [3.63, 3.8) is 0 Å². The number of carbonyl (C=O) groups excluding carboxylic acids is 1. The third-order valence-corrected chi connectivity index (χ3v) is 4.76. The number of thiazole rings is 1. The second kappa shape index (κ2) is 6.05. The number of amides is 1. The number of aromatic nitrogens is 1. The van der Waals surface area contributed by atoms with Crippen molar-refractivity contribution in [2.24, 2.45) is 0 Å². The number of rotatable bonds is 4. The number of nitrogens with one attached hydrogen (secondary N) is 2. The highest BCUT2D eigenvalue weighted by Crippen LogP contribution is 2.26. The summed E-state index contributed by atoms with van der Waals surface area (Å²) >= 11 is 1.01. The fraction of sp³-hybridized carbons (Fsp3) is 0.286. The lowest BCUT2D eigenvalue weighted by molar-refractivity contribution is 0.102. The molecular formula is C14H17N3O3S2. The maximum absolute atomic E-state index is 12.4. The van der Waals surface area contributed by atoms with E-state index in [9.17, 15) is 13.2 Å². The zero-order chi connectivity index (χ0) is 16.5. The summed E-state index contributed by atoms with van der Waals surface area (Å²) in [6, 6.07) is 5.75. The molecule has 2 rings (SSSR count). The van der Waals surface area contributed by atoms with Crippen molar-refractivity contribution in [2.45, 2.75) is 20.8 Å². The minimum absolute atomic E-state index is 0.187. The zero-order valence-corrected chi connectivity index (χ0v) is 14.4. The molecule has 0 spiro atoms. The first-order valence-electron chi connectivity index (χ1n) is 6.50. The van der Waals surface area contributed by atoms with Crippen LogP contribution in [0.2, 0.25) is 0 Å². The van der Waals surface area contributed by atoms with Crippen LogP contribution in [0.15, 0.2) is 18.2 Å². The molecule has 0 atom stereocenters. The second-order valence-corrected chi connectivity index (χ2v) is 7.78. The van der Waals surface area contributed by atoms with Crippen molar-refractivity contribution < 1.29 is 13.2 Å². The summed E-state index contributed by atoms with van der Waals surface area (Å²) in [4.78, 5) is 16.9. The number of benzene rings is 1. The highest BCUT2D eigenvalue weighted by Gasteiger charge is 2.18. The number of hydrogen-bond donors (Lipinski definition) is 2.